The molecule has 4 rings (SSSR count). The molecule has 3 aromatic rings. The van der Waals surface area contributed by atoms with Gasteiger partial charge >= 0.3 is 0 Å². The average molecular weight is 380 g/mol. The van der Waals surface area contributed by atoms with Gasteiger partial charge in [0.15, 0.2) is 11.0 Å². The fourth-order valence-electron chi connectivity index (χ4n) is 2.86. The number of fused-ring (bicyclic) bond motifs is 1. The van der Waals surface area contributed by atoms with Crippen molar-refractivity contribution in [3.63, 3.8) is 0 Å². The first-order valence-corrected chi connectivity index (χ1v) is 9.46. The molecule has 0 bridgehead atoms. The molecule has 0 fully saturated rings. The number of benzene rings is 2. The largest absolute Gasteiger partial charge is 0.467 e. The number of carbonyl (C=O) groups excluding carboxylic acids is 2. The van der Waals surface area contributed by atoms with Crippen molar-refractivity contribution in [3.8, 4) is 0 Å². The molecule has 1 aliphatic heterocycles. The summed E-state index contributed by atoms with van der Waals surface area (Å²) >= 11 is 0. The highest BCUT2D eigenvalue weighted by molar-refractivity contribution is 7.83. The number of nitrogens with zero attached hydrogens (tertiary/aromatic N) is 1. The summed E-state index contributed by atoms with van der Waals surface area (Å²) in [6, 6.07) is 17.3. The van der Waals surface area contributed by atoms with Gasteiger partial charge in [-0.3, -0.25) is 9.59 Å². The Labute approximate surface area is 158 Å². The molecule has 1 N–H and O–H groups in total. The number of nitrogens with one attached hydrogen (secondary N) is 1. The molecule has 2 aromatic carbocycles. The fraction of sp³-hybridized carbons (Fsp3) is 0.100. The molecular weight excluding hydrogens is 364 g/mol. The minimum absolute atomic E-state index is 0.216. The summed E-state index contributed by atoms with van der Waals surface area (Å²) in [5.41, 5.74) is 1.78. The van der Waals surface area contributed by atoms with Crippen LogP contribution >= 0.6 is 0 Å². The lowest BCUT2D eigenvalue weighted by Crippen LogP contribution is -2.26. The van der Waals surface area contributed by atoms with Crippen LogP contribution in [0.25, 0.3) is 0 Å². The minimum Gasteiger partial charge on any atom is -0.467 e. The number of hydrogen-bond donors (Lipinski definition) is 1. The van der Waals surface area contributed by atoms with Crippen molar-refractivity contribution < 1.29 is 18.2 Å². The van der Waals surface area contributed by atoms with Crippen molar-refractivity contribution in [3.05, 3.63) is 89.4 Å². The Kier molecular flexibility index (Phi) is 4.60. The van der Waals surface area contributed by atoms with Gasteiger partial charge in [0.25, 0.3) is 11.8 Å². The quantitative estimate of drug-likeness (QED) is 0.738. The first-order chi connectivity index (χ1) is 13.1. The summed E-state index contributed by atoms with van der Waals surface area (Å²) in [4.78, 5) is 25.2. The van der Waals surface area contributed by atoms with E-state index in [1.807, 2.05) is 0 Å². The van der Waals surface area contributed by atoms with E-state index in [0.717, 1.165) is 5.56 Å². The minimum atomic E-state index is -1.51. The van der Waals surface area contributed by atoms with Gasteiger partial charge < -0.3 is 9.73 Å². The molecule has 2 heterocycles. The van der Waals surface area contributed by atoms with Crippen molar-refractivity contribution in [2.45, 2.75) is 18.0 Å². The van der Waals surface area contributed by atoms with Gasteiger partial charge in [-0.2, -0.15) is 0 Å². The second-order valence-electron chi connectivity index (χ2n) is 6.05. The van der Waals surface area contributed by atoms with Crippen LogP contribution in [0.4, 0.5) is 0 Å². The summed E-state index contributed by atoms with van der Waals surface area (Å²) in [6.45, 7) is 0.529. The van der Waals surface area contributed by atoms with Crippen molar-refractivity contribution in [1.29, 1.82) is 0 Å². The first kappa shape index (κ1) is 17.2. The van der Waals surface area contributed by atoms with Crippen LogP contribution in [0, 0.1) is 0 Å². The number of carbonyl (C=O) groups is 2. The Morgan fingerprint density at radius 2 is 1.81 bits per heavy atom. The lowest BCUT2D eigenvalue weighted by atomic mass is 10.1. The van der Waals surface area contributed by atoms with Crippen LogP contribution in [0.5, 0.6) is 0 Å². The van der Waals surface area contributed by atoms with Gasteiger partial charge in [-0.1, -0.05) is 24.3 Å². The summed E-state index contributed by atoms with van der Waals surface area (Å²) in [7, 11) is -1.51. The Morgan fingerprint density at radius 1 is 1.04 bits per heavy atom. The maximum atomic E-state index is 12.5. The molecule has 2 amide bonds. The highest BCUT2D eigenvalue weighted by Crippen LogP contribution is 2.28. The molecular formula is C20H16N2O4S. The molecule has 1 aromatic heterocycles. The Bertz CT molecular complexity index is 978. The standard InChI is InChI=1S/C20H16N2O4S/c23-19(21-12-16-4-3-11-26-16)15-9-7-14(8-10-15)13-22-20(24)17-5-1-2-6-18(17)27(22)25/h1-11H,12-13H2,(H,21,23). The molecule has 0 saturated carbocycles. The van der Waals surface area contributed by atoms with Crippen molar-refractivity contribution in [2.75, 3.05) is 0 Å². The van der Waals surface area contributed by atoms with E-state index in [1.165, 1.54) is 4.31 Å². The van der Waals surface area contributed by atoms with Crippen LogP contribution in [0.1, 0.15) is 32.0 Å². The molecule has 1 unspecified atom stereocenters. The van der Waals surface area contributed by atoms with E-state index >= 15 is 0 Å². The molecule has 0 spiro atoms. The Balaban J connectivity index is 1.42. The third-order valence-electron chi connectivity index (χ3n) is 4.28. The van der Waals surface area contributed by atoms with Gasteiger partial charge in [0.2, 0.25) is 0 Å². The molecule has 6 nitrogen and oxygen atoms in total. The third kappa shape index (κ3) is 3.41. The van der Waals surface area contributed by atoms with Crippen LogP contribution in [-0.4, -0.2) is 20.3 Å². The van der Waals surface area contributed by atoms with Crippen molar-refractivity contribution in [2.24, 2.45) is 0 Å². The number of furan rings is 1. The second-order valence-corrected chi connectivity index (χ2v) is 7.42. The molecule has 0 saturated heterocycles. The van der Waals surface area contributed by atoms with Gasteiger partial charge in [0, 0.05) is 5.56 Å². The topological polar surface area (TPSA) is 79.6 Å². The van der Waals surface area contributed by atoms with E-state index in [1.54, 1.807) is 66.9 Å². The second kappa shape index (κ2) is 7.20. The van der Waals surface area contributed by atoms with Crippen LogP contribution in [0.15, 0.2) is 76.2 Å². The lowest BCUT2D eigenvalue weighted by Gasteiger charge is -2.14. The predicted octanol–water partition coefficient (Wildman–Crippen LogP) is 2.89. The summed E-state index contributed by atoms with van der Waals surface area (Å²) < 4.78 is 19.0. The van der Waals surface area contributed by atoms with Gasteiger partial charge in [0.1, 0.15) is 5.76 Å². The smallest absolute Gasteiger partial charge is 0.267 e. The molecule has 0 radical (unpaired) electrons. The maximum Gasteiger partial charge on any atom is 0.267 e. The SMILES string of the molecule is O=C(NCc1ccco1)c1ccc(CN2C(=O)c3ccccc3S2=O)cc1. The van der Waals surface area contributed by atoms with Gasteiger partial charge in [-0.25, -0.2) is 8.51 Å². The third-order valence-corrected chi connectivity index (χ3v) is 5.71. The van der Waals surface area contributed by atoms with E-state index in [-0.39, 0.29) is 18.4 Å². The highest BCUT2D eigenvalue weighted by Gasteiger charge is 2.34. The lowest BCUT2D eigenvalue weighted by molar-refractivity contribution is 0.0867. The molecule has 0 aliphatic carbocycles. The van der Waals surface area contributed by atoms with E-state index in [9.17, 15) is 13.8 Å². The fourth-order valence-corrected chi connectivity index (χ4v) is 4.16. The Morgan fingerprint density at radius 3 is 2.52 bits per heavy atom. The van der Waals surface area contributed by atoms with Gasteiger partial charge in [-0.15, -0.1) is 0 Å². The molecule has 1 atom stereocenters. The van der Waals surface area contributed by atoms with Crippen LogP contribution in [0.2, 0.25) is 0 Å². The van der Waals surface area contributed by atoms with E-state index < -0.39 is 11.0 Å². The zero-order chi connectivity index (χ0) is 18.8. The zero-order valence-electron chi connectivity index (χ0n) is 14.3. The zero-order valence-corrected chi connectivity index (χ0v) is 15.1. The highest BCUT2D eigenvalue weighted by atomic mass is 32.2. The molecule has 136 valence electrons. The molecule has 27 heavy (non-hydrogen) atoms. The molecule has 7 heteroatoms. The predicted molar refractivity (Wildman–Crippen MR) is 99.0 cm³/mol. The number of rotatable bonds is 5. The monoisotopic (exact) mass is 380 g/mol. The Hall–Kier alpha value is -3.19. The normalized spacial score (nSPS) is 15.6. The van der Waals surface area contributed by atoms with E-state index in [2.05, 4.69) is 5.32 Å². The number of hydrogen-bond acceptors (Lipinski definition) is 4. The average Bonchev–Trinajstić information content (AvgIpc) is 3.30. The maximum absolute atomic E-state index is 12.5. The summed E-state index contributed by atoms with van der Waals surface area (Å²) in [5, 5.41) is 2.77. The van der Waals surface area contributed by atoms with Crippen LogP contribution in [-0.2, 0) is 24.1 Å². The van der Waals surface area contributed by atoms with Gasteiger partial charge in [0.05, 0.1) is 29.8 Å². The van der Waals surface area contributed by atoms with Crippen LogP contribution < -0.4 is 5.32 Å². The van der Waals surface area contributed by atoms with Crippen molar-refractivity contribution in [1.82, 2.24) is 9.62 Å². The summed E-state index contributed by atoms with van der Waals surface area (Å²) in [6.07, 6.45) is 1.55. The molecule has 1 aliphatic rings. The van der Waals surface area contributed by atoms with E-state index in [0.29, 0.717) is 28.3 Å². The van der Waals surface area contributed by atoms with E-state index in [4.69, 9.17) is 4.42 Å². The summed E-state index contributed by atoms with van der Waals surface area (Å²) in [5.74, 6) is 0.213. The van der Waals surface area contributed by atoms with Crippen molar-refractivity contribution >= 4 is 22.8 Å². The van der Waals surface area contributed by atoms with Gasteiger partial charge in [-0.05, 0) is 42.0 Å². The van der Waals surface area contributed by atoms with Crippen LogP contribution in [0.3, 0.4) is 0 Å². The first-order valence-electron chi connectivity index (χ1n) is 8.36. The number of amides is 2.